The first-order valence-corrected chi connectivity index (χ1v) is 10.9. The molecule has 0 spiro atoms. The van der Waals surface area contributed by atoms with Crippen molar-refractivity contribution in [3.05, 3.63) is 80.8 Å². The van der Waals surface area contributed by atoms with Crippen molar-refractivity contribution in [2.75, 3.05) is 19.0 Å². The maximum atomic E-state index is 6.22. The third-order valence-electron chi connectivity index (χ3n) is 4.69. The van der Waals surface area contributed by atoms with E-state index >= 15 is 0 Å². The van der Waals surface area contributed by atoms with E-state index in [-0.39, 0.29) is 0 Å². The molecule has 0 bridgehead atoms. The second kappa shape index (κ2) is 10.6. The fourth-order valence-electron chi connectivity index (χ4n) is 2.99. The van der Waals surface area contributed by atoms with Gasteiger partial charge in [0.25, 0.3) is 0 Å². The molecule has 3 rings (SSSR count). The topological polar surface area (TPSA) is 39.7 Å². The third kappa shape index (κ3) is 5.61. The molecule has 4 nitrogen and oxygen atoms in total. The fraction of sp³-hybridized carbons (Fsp3) is 0.250. The van der Waals surface area contributed by atoms with E-state index in [1.54, 1.807) is 7.11 Å². The number of benzene rings is 3. The molecule has 0 atom stereocenters. The maximum absolute atomic E-state index is 6.22. The van der Waals surface area contributed by atoms with E-state index in [2.05, 4.69) is 40.3 Å². The van der Waals surface area contributed by atoms with E-state index in [0.29, 0.717) is 36.3 Å². The van der Waals surface area contributed by atoms with Gasteiger partial charge in [-0.15, -0.1) is 0 Å². The number of aryl methyl sites for hydroxylation is 1. The van der Waals surface area contributed by atoms with Crippen LogP contribution in [0.1, 0.15) is 23.6 Å². The second-order valence-corrected chi connectivity index (χ2v) is 8.00. The van der Waals surface area contributed by atoms with Crippen molar-refractivity contribution < 1.29 is 14.2 Å². The Morgan fingerprint density at radius 1 is 0.933 bits per heavy atom. The van der Waals surface area contributed by atoms with Crippen molar-refractivity contribution in [3.8, 4) is 17.2 Å². The summed E-state index contributed by atoms with van der Waals surface area (Å²) in [4.78, 5) is 0. The molecule has 6 heteroatoms. The molecule has 0 aliphatic carbocycles. The van der Waals surface area contributed by atoms with Crippen LogP contribution in [0, 0.1) is 6.92 Å². The minimum absolute atomic E-state index is 0.487. The lowest BCUT2D eigenvalue weighted by Gasteiger charge is -2.16. The first-order valence-electron chi connectivity index (χ1n) is 9.71. The SMILES string of the molecule is CCOc1cc(CNc2ccc(OC)c(Cl)c2)c(Br)cc1OCc1ccccc1C. The van der Waals surface area contributed by atoms with Gasteiger partial charge in [0.05, 0.1) is 18.7 Å². The Kier molecular flexibility index (Phi) is 7.88. The molecule has 0 radical (unpaired) electrons. The number of hydrogen-bond donors (Lipinski definition) is 1. The van der Waals surface area contributed by atoms with E-state index in [1.807, 2.05) is 49.4 Å². The van der Waals surface area contributed by atoms with Crippen LogP contribution in [0.5, 0.6) is 17.2 Å². The highest BCUT2D eigenvalue weighted by Gasteiger charge is 2.12. The first-order chi connectivity index (χ1) is 14.5. The molecule has 0 heterocycles. The van der Waals surface area contributed by atoms with Gasteiger partial charge in [0.15, 0.2) is 11.5 Å². The highest BCUT2D eigenvalue weighted by Crippen LogP contribution is 2.35. The van der Waals surface area contributed by atoms with Gasteiger partial charge in [0.1, 0.15) is 12.4 Å². The average molecular weight is 491 g/mol. The molecule has 0 amide bonds. The predicted molar refractivity (Wildman–Crippen MR) is 126 cm³/mol. The normalized spacial score (nSPS) is 10.6. The lowest BCUT2D eigenvalue weighted by Crippen LogP contribution is -2.04. The van der Waals surface area contributed by atoms with E-state index in [1.165, 1.54) is 5.56 Å². The van der Waals surface area contributed by atoms with Crippen molar-refractivity contribution >= 4 is 33.2 Å². The van der Waals surface area contributed by atoms with Crippen LogP contribution in [-0.4, -0.2) is 13.7 Å². The van der Waals surface area contributed by atoms with Crippen molar-refractivity contribution in [1.82, 2.24) is 0 Å². The van der Waals surface area contributed by atoms with Gasteiger partial charge in [0, 0.05) is 16.7 Å². The minimum Gasteiger partial charge on any atom is -0.495 e. The minimum atomic E-state index is 0.487. The molecule has 0 aromatic heterocycles. The second-order valence-electron chi connectivity index (χ2n) is 6.74. The molecule has 1 N–H and O–H groups in total. The van der Waals surface area contributed by atoms with Gasteiger partial charge in [0.2, 0.25) is 0 Å². The van der Waals surface area contributed by atoms with Gasteiger partial charge in [-0.05, 0) is 60.9 Å². The molecule has 0 unspecified atom stereocenters. The Bertz CT molecular complexity index is 1010. The standard InChI is InChI=1S/C24H25BrClNO3/c1-4-29-23-11-18(14-27-19-9-10-22(28-3)21(26)12-19)20(25)13-24(23)30-15-17-8-6-5-7-16(17)2/h5-13,27H,4,14-15H2,1-3H3. The van der Waals surface area contributed by atoms with Crippen LogP contribution >= 0.6 is 27.5 Å². The summed E-state index contributed by atoms with van der Waals surface area (Å²) < 4.78 is 18.1. The molecular weight excluding hydrogens is 466 g/mol. The van der Waals surface area contributed by atoms with Gasteiger partial charge in [-0.1, -0.05) is 51.8 Å². The first kappa shape index (κ1) is 22.3. The summed E-state index contributed by atoms with van der Waals surface area (Å²) in [5, 5.41) is 3.95. The van der Waals surface area contributed by atoms with Crippen LogP contribution in [0.25, 0.3) is 0 Å². The molecule has 3 aromatic carbocycles. The largest absolute Gasteiger partial charge is 0.495 e. The number of halogens is 2. The van der Waals surface area contributed by atoms with Crippen molar-refractivity contribution in [2.24, 2.45) is 0 Å². The highest BCUT2D eigenvalue weighted by molar-refractivity contribution is 9.10. The smallest absolute Gasteiger partial charge is 0.162 e. The van der Waals surface area contributed by atoms with E-state index in [9.17, 15) is 0 Å². The molecule has 0 aliphatic heterocycles. The van der Waals surface area contributed by atoms with Crippen LogP contribution in [0.4, 0.5) is 5.69 Å². The van der Waals surface area contributed by atoms with Gasteiger partial charge >= 0.3 is 0 Å². The Balaban J connectivity index is 1.75. The van der Waals surface area contributed by atoms with E-state index in [0.717, 1.165) is 27.0 Å². The fourth-order valence-corrected chi connectivity index (χ4v) is 3.72. The number of hydrogen-bond acceptors (Lipinski definition) is 4. The van der Waals surface area contributed by atoms with E-state index < -0.39 is 0 Å². The van der Waals surface area contributed by atoms with Crippen LogP contribution in [0.3, 0.4) is 0 Å². The van der Waals surface area contributed by atoms with Crippen LogP contribution in [-0.2, 0) is 13.2 Å². The summed E-state index contributed by atoms with van der Waals surface area (Å²) in [6.45, 7) is 5.69. The van der Waals surface area contributed by atoms with Crippen LogP contribution in [0.2, 0.25) is 5.02 Å². The van der Waals surface area contributed by atoms with E-state index in [4.69, 9.17) is 25.8 Å². The highest BCUT2D eigenvalue weighted by atomic mass is 79.9. The average Bonchev–Trinajstić information content (AvgIpc) is 2.74. The molecule has 0 aliphatic rings. The summed E-state index contributed by atoms with van der Waals surface area (Å²) in [5.74, 6) is 2.08. The predicted octanol–water partition coefficient (Wildman–Crippen LogP) is 7.01. The summed E-state index contributed by atoms with van der Waals surface area (Å²) in [7, 11) is 1.60. The monoisotopic (exact) mass is 489 g/mol. The van der Waals surface area contributed by atoms with Gasteiger partial charge < -0.3 is 19.5 Å². The lowest BCUT2D eigenvalue weighted by atomic mass is 10.1. The Hall–Kier alpha value is -2.37. The number of rotatable bonds is 9. The van der Waals surface area contributed by atoms with Gasteiger partial charge in [-0.2, -0.15) is 0 Å². The maximum Gasteiger partial charge on any atom is 0.162 e. The van der Waals surface area contributed by atoms with Gasteiger partial charge in [-0.3, -0.25) is 0 Å². The van der Waals surface area contributed by atoms with Crippen molar-refractivity contribution in [1.29, 1.82) is 0 Å². The quantitative estimate of drug-likeness (QED) is 0.350. The van der Waals surface area contributed by atoms with Gasteiger partial charge in [-0.25, -0.2) is 0 Å². The van der Waals surface area contributed by atoms with Crippen LogP contribution in [0.15, 0.2) is 59.1 Å². The zero-order valence-electron chi connectivity index (χ0n) is 17.3. The number of methoxy groups -OCH3 is 1. The zero-order chi connectivity index (χ0) is 21.5. The molecule has 0 saturated heterocycles. The van der Waals surface area contributed by atoms with Crippen molar-refractivity contribution in [3.63, 3.8) is 0 Å². The lowest BCUT2D eigenvalue weighted by molar-refractivity contribution is 0.268. The van der Waals surface area contributed by atoms with Crippen molar-refractivity contribution in [2.45, 2.75) is 27.0 Å². The molecule has 0 fully saturated rings. The number of anilines is 1. The molecule has 0 saturated carbocycles. The summed E-state index contributed by atoms with van der Waals surface area (Å²) in [5.41, 5.74) is 4.31. The number of ether oxygens (including phenoxy) is 3. The summed E-state index contributed by atoms with van der Waals surface area (Å²) in [6, 6.07) is 17.8. The molecular formula is C24H25BrClNO3. The van der Waals surface area contributed by atoms with Crippen LogP contribution < -0.4 is 19.5 Å². The number of nitrogens with one attached hydrogen (secondary N) is 1. The molecule has 30 heavy (non-hydrogen) atoms. The molecule has 158 valence electrons. The summed E-state index contributed by atoms with van der Waals surface area (Å²) in [6.07, 6.45) is 0. The third-order valence-corrected chi connectivity index (χ3v) is 5.73. The Morgan fingerprint density at radius 3 is 2.40 bits per heavy atom. The zero-order valence-corrected chi connectivity index (χ0v) is 19.6. The molecule has 3 aromatic rings. The summed E-state index contributed by atoms with van der Waals surface area (Å²) >= 11 is 9.88. The Morgan fingerprint density at radius 2 is 1.70 bits per heavy atom. The Labute approximate surface area is 191 Å².